The van der Waals surface area contributed by atoms with Gasteiger partial charge in [0.25, 0.3) is 0 Å². The SMILES string of the molecule is CC(=O)c1ccccc1N=N. The highest BCUT2D eigenvalue weighted by molar-refractivity contribution is 5.98. The van der Waals surface area contributed by atoms with Gasteiger partial charge in [-0.05, 0) is 19.1 Å². The van der Waals surface area contributed by atoms with E-state index >= 15 is 0 Å². The zero-order valence-electron chi connectivity index (χ0n) is 6.16. The molecule has 1 aromatic rings. The second kappa shape index (κ2) is 3.05. The van der Waals surface area contributed by atoms with Crippen LogP contribution in [-0.2, 0) is 0 Å². The summed E-state index contributed by atoms with van der Waals surface area (Å²) >= 11 is 0. The van der Waals surface area contributed by atoms with Crippen molar-refractivity contribution >= 4 is 11.5 Å². The topological polar surface area (TPSA) is 53.3 Å². The fourth-order valence-electron chi connectivity index (χ4n) is 0.869. The van der Waals surface area contributed by atoms with E-state index in [9.17, 15) is 4.79 Å². The Morgan fingerprint density at radius 1 is 1.45 bits per heavy atom. The van der Waals surface area contributed by atoms with Gasteiger partial charge in [-0.3, -0.25) is 4.79 Å². The van der Waals surface area contributed by atoms with Crippen molar-refractivity contribution in [3.05, 3.63) is 29.8 Å². The molecule has 0 saturated heterocycles. The van der Waals surface area contributed by atoms with Gasteiger partial charge in [0.15, 0.2) is 5.78 Å². The average Bonchev–Trinajstić information content (AvgIpc) is 2.04. The summed E-state index contributed by atoms with van der Waals surface area (Å²) < 4.78 is 0. The first-order valence-electron chi connectivity index (χ1n) is 3.23. The van der Waals surface area contributed by atoms with Crippen LogP contribution in [0.15, 0.2) is 29.4 Å². The van der Waals surface area contributed by atoms with E-state index in [1.807, 2.05) is 0 Å². The maximum Gasteiger partial charge on any atom is 0.162 e. The Bertz CT molecular complexity index is 294. The molecule has 0 aliphatic rings. The lowest BCUT2D eigenvalue weighted by molar-refractivity contribution is 0.101. The summed E-state index contributed by atoms with van der Waals surface area (Å²) in [4.78, 5) is 10.9. The van der Waals surface area contributed by atoms with E-state index in [1.54, 1.807) is 24.3 Å². The molecule has 1 N–H and O–H groups in total. The van der Waals surface area contributed by atoms with E-state index in [-0.39, 0.29) is 5.78 Å². The highest BCUT2D eigenvalue weighted by atomic mass is 16.1. The van der Waals surface area contributed by atoms with Crippen molar-refractivity contribution in [1.82, 2.24) is 0 Å². The van der Waals surface area contributed by atoms with Gasteiger partial charge in [0.1, 0.15) is 0 Å². The number of carbonyl (C=O) groups excluding carboxylic acids is 1. The lowest BCUT2D eigenvalue weighted by Gasteiger charge is -1.96. The number of hydrogen-bond donors (Lipinski definition) is 1. The van der Waals surface area contributed by atoms with Gasteiger partial charge >= 0.3 is 0 Å². The molecule has 0 bridgehead atoms. The van der Waals surface area contributed by atoms with Gasteiger partial charge in [-0.2, -0.15) is 5.11 Å². The number of carbonyl (C=O) groups is 1. The molecular weight excluding hydrogens is 140 g/mol. The number of hydrogen-bond acceptors (Lipinski definition) is 3. The zero-order chi connectivity index (χ0) is 8.27. The Balaban J connectivity index is 3.22. The molecular formula is C8H8N2O. The van der Waals surface area contributed by atoms with Gasteiger partial charge in [-0.15, -0.1) is 0 Å². The highest BCUT2D eigenvalue weighted by Gasteiger charge is 2.03. The Kier molecular flexibility index (Phi) is 2.11. The Labute approximate surface area is 64.6 Å². The molecule has 3 heteroatoms. The minimum atomic E-state index is -0.0587. The predicted molar refractivity (Wildman–Crippen MR) is 41.3 cm³/mol. The number of rotatable bonds is 2. The number of nitrogens with zero attached hydrogens (tertiary/aromatic N) is 1. The van der Waals surface area contributed by atoms with Crippen LogP contribution in [0.3, 0.4) is 0 Å². The van der Waals surface area contributed by atoms with E-state index in [0.29, 0.717) is 11.3 Å². The molecule has 56 valence electrons. The van der Waals surface area contributed by atoms with Crippen LogP contribution < -0.4 is 0 Å². The van der Waals surface area contributed by atoms with E-state index in [1.165, 1.54) is 6.92 Å². The molecule has 0 atom stereocenters. The summed E-state index contributed by atoms with van der Waals surface area (Å²) in [5.74, 6) is -0.0587. The van der Waals surface area contributed by atoms with Crippen molar-refractivity contribution in [2.75, 3.05) is 0 Å². The van der Waals surface area contributed by atoms with Crippen molar-refractivity contribution in [3.63, 3.8) is 0 Å². The van der Waals surface area contributed by atoms with Crippen LogP contribution in [0.25, 0.3) is 0 Å². The molecule has 0 saturated carbocycles. The van der Waals surface area contributed by atoms with Gasteiger partial charge in [0, 0.05) is 5.56 Å². The number of nitrogens with one attached hydrogen (secondary N) is 1. The maximum atomic E-state index is 10.9. The predicted octanol–water partition coefficient (Wildman–Crippen LogP) is 2.55. The van der Waals surface area contributed by atoms with E-state index in [2.05, 4.69) is 5.11 Å². The first-order chi connectivity index (χ1) is 5.25. The highest BCUT2D eigenvalue weighted by Crippen LogP contribution is 2.17. The van der Waals surface area contributed by atoms with E-state index in [4.69, 9.17) is 5.53 Å². The van der Waals surface area contributed by atoms with E-state index in [0.717, 1.165) is 0 Å². The maximum absolute atomic E-state index is 10.9. The number of benzene rings is 1. The van der Waals surface area contributed by atoms with Gasteiger partial charge in [-0.25, -0.2) is 5.53 Å². The van der Waals surface area contributed by atoms with Crippen molar-refractivity contribution < 1.29 is 4.79 Å². The molecule has 0 heterocycles. The van der Waals surface area contributed by atoms with Crippen LogP contribution in [-0.4, -0.2) is 5.78 Å². The molecule has 0 amide bonds. The largest absolute Gasteiger partial charge is 0.294 e. The van der Waals surface area contributed by atoms with Gasteiger partial charge in [0.05, 0.1) is 5.69 Å². The lowest BCUT2D eigenvalue weighted by atomic mass is 10.1. The normalized spacial score (nSPS) is 9.18. The number of ketones is 1. The summed E-state index contributed by atoms with van der Waals surface area (Å²) in [7, 11) is 0. The minimum absolute atomic E-state index is 0.0587. The van der Waals surface area contributed by atoms with Gasteiger partial charge in [0.2, 0.25) is 0 Å². The summed E-state index contributed by atoms with van der Waals surface area (Å²) in [5.41, 5.74) is 7.68. The molecule has 3 nitrogen and oxygen atoms in total. The third kappa shape index (κ3) is 1.49. The fourth-order valence-corrected chi connectivity index (χ4v) is 0.869. The fraction of sp³-hybridized carbons (Fsp3) is 0.125. The molecule has 0 fully saturated rings. The Morgan fingerprint density at radius 2 is 2.09 bits per heavy atom. The molecule has 11 heavy (non-hydrogen) atoms. The van der Waals surface area contributed by atoms with Crippen LogP contribution in [0.2, 0.25) is 0 Å². The van der Waals surface area contributed by atoms with E-state index < -0.39 is 0 Å². The summed E-state index contributed by atoms with van der Waals surface area (Å²) in [5, 5.41) is 3.22. The monoisotopic (exact) mass is 148 g/mol. The molecule has 0 aliphatic heterocycles. The van der Waals surface area contributed by atoms with Crippen molar-refractivity contribution in [3.8, 4) is 0 Å². The average molecular weight is 148 g/mol. The van der Waals surface area contributed by atoms with Crippen LogP contribution in [0.1, 0.15) is 17.3 Å². The number of para-hydroxylation sites is 1. The molecule has 0 spiro atoms. The Hall–Kier alpha value is -1.51. The summed E-state index contributed by atoms with van der Waals surface area (Å²) in [6, 6.07) is 6.81. The zero-order valence-corrected chi connectivity index (χ0v) is 6.16. The molecule has 0 radical (unpaired) electrons. The Morgan fingerprint density at radius 3 is 2.55 bits per heavy atom. The lowest BCUT2D eigenvalue weighted by Crippen LogP contribution is -1.90. The van der Waals surface area contributed by atoms with Crippen LogP contribution >= 0.6 is 0 Å². The second-order valence-corrected chi connectivity index (χ2v) is 2.19. The first-order valence-corrected chi connectivity index (χ1v) is 3.23. The van der Waals surface area contributed by atoms with Crippen molar-refractivity contribution in [1.29, 1.82) is 5.53 Å². The standard InChI is InChI=1S/C8H8N2O/c1-6(11)7-4-2-3-5-8(7)10-9/h2-5,9H,1H3. The summed E-state index contributed by atoms with van der Waals surface area (Å²) in [6.07, 6.45) is 0. The van der Waals surface area contributed by atoms with Gasteiger partial charge < -0.3 is 0 Å². The van der Waals surface area contributed by atoms with Gasteiger partial charge in [-0.1, -0.05) is 12.1 Å². The van der Waals surface area contributed by atoms with Crippen LogP contribution in [0.5, 0.6) is 0 Å². The van der Waals surface area contributed by atoms with Crippen molar-refractivity contribution in [2.45, 2.75) is 6.92 Å². The quantitative estimate of drug-likeness (QED) is 0.508. The first kappa shape index (κ1) is 7.60. The molecule has 0 unspecified atom stereocenters. The smallest absolute Gasteiger partial charge is 0.162 e. The third-order valence-corrected chi connectivity index (χ3v) is 1.40. The van der Waals surface area contributed by atoms with Crippen LogP contribution in [0.4, 0.5) is 5.69 Å². The minimum Gasteiger partial charge on any atom is -0.294 e. The number of Topliss-reactive ketones (excluding diaryl/α,β-unsaturated/α-hetero) is 1. The molecule has 1 rings (SSSR count). The molecule has 0 aromatic heterocycles. The second-order valence-electron chi connectivity index (χ2n) is 2.19. The van der Waals surface area contributed by atoms with Crippen molar-refractivity contribution in [2.24, 2.45) is 5.11 Å². The molecule has 1 aromatic carbocycles. The molecule has 0 aliphatic carbocycles. The van der Waals surface area contributed by atoms with Crippen LogP contribution in [0, 0.1) is 5.53 Å². The summed E-state index contributed by atoms with van der Waals surface area (Å²) in [6.45, 7) is 1.46. The third-order valence-electron chi connectivity index (χ3n) is 1.40.